The molecule has 1 saturated carbocycles. The molecule has 1 aliphatic rings. The maximum Gasteiger partial charge on any atom is 0.296 e. The van der Waals surface area contributed by atoms with Crippen LogP contribution in [0.15, 0.2) is 0 Å². The molecule has 0 heterocycles. The average molecular weight is 176 g/mol. The van der Waals surface area contributed by atoms with Crippen molar-refractivity contribution in [1.29, 1.82) is 0 Å². The van der Waals surface area contributed by atoms with Crippen molar-refractivity contribution in [2.24, 2.45) is 16.7 Å². The first-order valence-corrected chi connectivity index (χ1v) is 4.05. The maximum absolute atomic E-state index is 12.1. The van der Waals surface area contributed by atoms with Crippen LogP contribution < -0.4 is 0 Å². The van der Waals surface area contributed by atoms with Gasteiger partial charge in [-0.25, -0.2) is 8.78 Å². The molecular weight excluding hydrogens is 162 g/mol. The molecule has 0 saturated heterocycles. The van der Waals surface area contributed by atoms with Crippen molar-refractivity contribution in [1.82, 2.24) is 0 Å². The van der Waals surface area contributed by atoms with E-state index < -0.39 is 18.1 Å². The Hall–Kier alpha value is -0.470. The van der Waals surface area contributed by atoms with E-state index >= 15 is 0 Å². The molecule has 0 aromatic heterocycles. The molecule has 0 N–H and O–H groups in total. The van der Waals surface area contributed by atoms with Gasteiger partial charge in [0, 0.05) is 5.92 Å². The molecule has 12 heavy (non-hydrogen) atoms. The van der Waals surface area contributed by atoms with Crippen LogP contribution in [0.25, 0.3) is 0 Å². The topological polar surface area (TPSA) is 17.1 Å². The van der Waals surface area contributed by atoms with Gasteiger partial charge in [-0.05, 0) is 10.8 Å². The third-order valence-electron chi connectivity index (χ3n) is 3.52. The summed E-state index contributed by atoms with van der Waals surface area (Å²) in [5.74, 6) is -1.37. The van der Waals surface area contributed by atoms with E-state index in [9.17, 15) is 13.6 Å². The third kappa shape index (κ3) is 0.985. The van der Waals surface area contributed by atoms with Gasteiger partial charge in [-0.3, -0.25) is 4.79 Å². The highest BCUT2D eigenvalue weighted by molar-refractivity contribution is 5.88. The Morgan fingerprint density at radius 1 is 1.17 bits per heavy atom. The lowest BCUT2D eigenvalue weighted by Crippen LogP contribution is -2.16. The second-order valence-corrected chi connectivity index (χ2v) is 4.58. The average Bonchev–Trinajstić information content (AvgIpc) is 2.23. The summed E-state index contributed by atoms with van der Waals surface area (Å²) in [6.45, 7) is 7.44. The second kappa shape index (κ2) is 2.27. The predicted octanol–water partition coefficient (Wildman–Crippen LogP) is 2.50. The quantitative estimate of drug-likeness (QED) is 0.631. The summed E-state index contributed by atoms with van der Waals surface area (Å²) in [4.78, 5) is 11.0. The Morgan fingerprint density at radius 3 is 1.58 bits per heavy atom. The van der Waals surface area contributed by atoms with E-state index in [-0.39, 0.29) is 10.8 Å². The van der Waals surface area contributed by atoms with Crippen LogP contribution in [0.1, 0.15) is 27.7 Å². The van der Waals surface area contributed by atoms with Crippen molar-refractivity contribution in [2.75, 3.05) is 0 Å². The minimum atomic E-state index is -2.81. The fraction of sp³-hybridized carbons (Fsp3) is 0.889. The molecule has 1 nitrogen and oxygen atoms in total. The van der Waals surface area contributed by atoms with Crippen molar-refractivity contribution in [3.05, 3.63) is 0 Å². The number of Topliss-reactive ketones (excluding diaryl/α,β-unsaturated/α-hetero) is 1. The fourth-order valence-corrected chi connectivity index (χ4v) is 2.03. The van der Waals surface area contributed by atoms with Crippen LogP contribution in [0.2, 0.25) is 0 Å². The first-order valence-electron chi connectivity index (χ1n) is 4.05. The molecule has 0 aromatic carbocycles. The van der Waals surface area contributed by atoms with Gasteiger partial charge in [0.1, 0.15) is 0 Å². The van der Waals surface area contributed by atoms with Gasteiger partial charge in [-0.15, -0.1) is 0 Å². The van der Waals surface area contributed by atoms with E-state index in [0.29, 0.717) is 0 Å². The zero-order valence-corrected chi connectivity index (χ0v) is 7.82. The summed E-state index contributed by atoms with van der Waals surface area (Å²) in [6.07, 6.45) is -2.81. The van der Waals surface area contributed by atoms with E-state index in [1.54, 1.807) is 0 Å². The van der Waals surface area contributed by atoms with E-state index in [0.717, 1.165) is 0 Å². The number of carbonyl (C=O) groups is 1. The van der Waals surface area contributed by atoms with Gasteiger partial charge in [0.15, 0.2) is 0 Å². The largest absolute Gasteiger partial charge is 0.296 e. The second-order valence-electron chi connectivity index (χ2n) is 4.58. The molecule has 0 unspecified atom stereocenters. The van der Waals surface area contributed by atoms with Gasteiger partial charge >= 0.3 is 0 Å². The van der Waals surface area contributed by atoms with Crippen LogP contribution in [0.5, 0.6) is 0 Å². The van der Waals surface area contributed by atoms with E-state index in [4.69, 9.17) is 0 Å². The molecule has 1 rings (SSSR count). The monoisotopic (exact) mass is 176 g/mol. The summed E-state index contributed by atoms with van der Waals surface area (Å²) in [5, 5.41) is 0. The first-order chi connectivity index (χ1) is 5.23. The van der Waals surface area contributed by atoms with Crippen molar-refractivity contribution >= 4 is 5.78 Å². The van der Waals surface area contributed by atoms with Crippen LogP contribution in [0, 0.1) is 16.7 Å². The van der Waals surface area contributed by atoms with Crippen molar-refractivity contribution in [3.63, 3.8) is 0 Å². The summed E-state index contributed by atoms with van der Waals surface area (Å²) in [7, 11) is 0. The lowest BCUT2D eigenvalue weighted by atomic mass is 10.0. The van der Waals surface area contributed by atoms with Gasteiger partial charge in [0.2, 0.25) is 5.78 Å². The number of ketones is 1. The van der Waals surface area contributed by atoms with Gasteiger partial charge < -0.3 is 0 Å². The number of hydrogen-bond donors (Lipinski definition) is 0. The van der Waals surface area contributed by atoms with Crippen molar-refractivity contribution in [3.8, 4) is 0 Å². The Morgan fingerprint density at radius 2 is 1.50 bits per heavy atom. The van der Waals surface area contributed by atoms with Crippen LogP contribution in [-0.2, 0) is 4.79 Å². The van der Waals surface area contributed by atoms with E-state index in [2.05, 4.69) is 0 Å². The van der Waals surface area contributed by atoms with Gasteiger partial charge in [-0.1, -0.05) is 27.7 Å². The number of carbonyl (C=O) groups excluding carboxylic acids is 1. The van der Waals surface area contributed by atoms with Gasteiger partial charge in [0.25, 0.3) is 6.43 Å². The molecule has 3 heteroatoms. The van der Waals surface area contributed by atoms with E-state index in [1.807, 2.05) is 27.7 Å². The number of alkyl halides is 2. The zero-order valence-electron chi connectivity index (χ0n) is 7.82. The molecule has 0 bridgehead atoms. The van der Waals surface area contributed by atoms with Crippen LogP contribution in [-0.4, -0.2) is 12.2 Å². The highest BCUT2D eigenvalue weighted by Gasteiger charge is 2.68. The summed E-state index contributed by atoms with van der Waals surface area (Å²) < 4.78 is 24.1. The van der Waals surface area contributed by atoms with Crippen molar-refractivity contribution in [2.45, 2.75) is 34.1 Å². The first kappa shape index (κ1) is 9.62. The molecule has 0 atom stereocenters. The molecule has 0 radical (unpaired) electrons. The van der Waals surface area contributed by atoms with Crippen LogP contribution in [0.3, 0.4) is 0 Å². The maximum atomic E-state index is 12.1. The number of rotatable bonds is 2. The van der Waals surface area contributed by atoms with E-state index in [1.165, 1.54) is 0 Å². The normalized spacial score (nSPS) is 25.9. The van der Waals surface area contributed by atoms with Gasteiger partial charge in [0.05, 0.1) is 0 Å². The molecule has 1 fully saturated rings. The SMILES string of the molecule is CC1(C)C(C(=O)C(F)F)C1(C)C. The third-order valence-corrected chi connectivity index (χ3v) is 3.52. The summed E-state index contributed by atoms with van der Waals surface area (Å²) >= 11 is 0. The minimum absolute atomic E-state index is 0.263. The molecule has 0 aliphatic heterocycles. The molecule has 70 valence electrons. The zero-order chi connectivity index (χ0) is 9.73. The lowest BCUT2D eigenvalue weighted by molar-refractivity contribution is -0.132. The number of halogens is 2. The smallest absolute Gasteiger partial charge is 0.293 e. The highest BCUT2D eigenvalue weighted by atomic mass is 19.3. The number of hydrogen-bond acceptors (Lipinski definition) is 1. The Kier molecular flexibility index (Phi) is 1.82. The van der Waals surface area contributed by atoms with Crippen LogP contribution in [0.4, 0.5) is 8.78 Å². The molecule has 0 aromatic rings. The summed E-state index contributed by atoms with van der Waals surface area (Å²) in [5.41, 5.74) is -0.527. The Bertz CT molecular complexity index is 205. The molecule has 0 spiro atoms. The molecular formula is C9H14F2O. The van der Waals surface area contributed by atoms with Gasteiger partial charge in [-0.2, -0.15) is 0 Å². The lowest BCUT2D eigenvalue weighted by Gasteiger charge is -2.03. The Balaban J connectivity index is 2.78. The molecule has 0 amide bonds. The van der Waals surface area contributed by atoms with Crippen LogP contribution >= 0.6 is 0 Å². The molecule has 1 aliphatic carbocycles. The minimum Gasteiger partial charge on any atom is -0.293 e. The summed E-state index contributed by atoms with van der Waals surface area (Å²) in [6, 6.07) is 0. The van der Waals surface area contributed by atoms with Crippen molar-refractivity contribution < 1.29 is 13.6 Å². The highest BCUT2D eigenvalue weighted by Crippen LogP contribution is 2.68. The Labute approximate surface area is 71.1 Å². The standard InChI is InChI=1S/C9H14F2O/c1-8(2)6(9(8,3)4)5(12)7(10)11/h6-7H,1-4H3. The fourth-order valence-electron chi connectivity index (χ4n) is 2.03. The predicted molar refractivity (Wildman–Crippen MR) is 42.1 cm³/mol.